The SMILES string of the molecule is COc1ccc(Oc2cc3nc(-c4ccc(Cl)cc4Cl)oc3cc2[N+](=O)[O-])cc1. The summed E-state index contributed by atoms with van der Waals surface area (Å²) in [5, 5.41) is 12.4. The minimum atomic E-state index is -0.546. The van der Waals surface area contributed by atoms with Gasteiger partial charge in [-0.15, -0.1) is 0 Å². The van der Waals surface area contributed by atoms with E-state index >= 15 is 0 Å². The summed E-state index contributed by atoms with van der Waals surface area (Å²) in [4.78, 5) is 15.4. The van der Waals surface area contributed by atoms with Crippen LogP contribution in [0, 0.1) is 10.1 Å². The molecule has 7 nitrogen and oxygen atoms in total. The number of oxazole rings is 1. The van der Waals surface area contributed by atoms with Gasteiger partial charge in [0.05, 0.1) is 28.7 Å². The highest BCUT2D eigenvalue weighted by molar-refractivity contribution is 6.36. The van der Waals surface area contributed by atoms with Crippen molar-refractivity contribution in [3.05, 3.63) is 74.8 Å². The van der Waals surface area contributed by atoms with Crippen LogP contribution in [0.4, 0.5) is 5.69 Å². The van der Waals surface area contributed by atoms with Gasteiger partial charge in [0, 0.05) is 11.1 Å². The molecule has 4 aromatic rings. The number of nitro groups is 1. The zero-order valence-electron chi connectivity index (χ0n) is 14.9. The van der Waals surface area contributed by atoms with Crippen molar-refractivity contribution in [2.75, 3.05) is 7.11 Å². The van der Waals surface area contributed by atoms with Gasteiger partial charge in [0.15, 0.2) is 5.58 Å². The standard InChI is InChI=1S/C20H12Cl2N2O5/c1-27-12-3-5-13(6-4-12)28-19-9-16-18(10-17(19)24(25)26)29-20(23-16)14-7-2-11(21)8-15(14)22/h2-10H,1H3. The molecule has 0 fully saturated rings. The molecule has 0 saturated carbocycles. The lowest BCUT2D eigenvalue weighted by molar-refractivity contribution is -0.385. The second-order valence-electron chi connectivity index (χ2n) is 5.97. The highest BCUT2D eigenvalue weighted by atomic mass is 35.5. The molecule has 3 aromatic carbocycles. The lowest BCUT2D eigenvalue weighted by Gasteiger charge is -2.07. The predicted octanol–water partition coefficient (Wildman–Crippen LogP) is 6.51. The maximum Gasteiger partial charge on any atom is 0.315 e. The molecule has 0 aliphatic heterocycles. The Morgan fingerprint density at radius 1 is 1.03 bits per heavy atom. The molecule has 146 valence electrons. The third-order valence-corrected chi connectivity index (χ3v) is 4.66. The molecule has 4 rings (SSSR count). The quantitative estimate of drug-likeness (QED) is 0.264. The van der Waals surface area contributed by atoms with E-state index in [9.17, 15) is 10.1 Å². The Morgan fingerprint density at radius 3 is 2.41 bits per heavy atom. The van der Waals surface area contributed by atoms with Crippen molar-refractivity contribution in [3.8, 4) is 28.7 Å². The number of benzene rings is 3. The summed E-state index contributed by atoms with van der Waals surface area (Å²) in [6.07, 6.45) is 0. The van der Waals surface area contributed by atoms with Crippen LogP contribution in [-0.2, 0) is 0 Å². The highest BCUT2D eigenvalue weighted by Crippen LogP contribution is 2.38. The van der Waals surface area contributed by atoms with Crippen LogP contribution in [0.5, 0.6) is 17.2 Å². The van der Waals surface area contributed by atoms with Crippen molar-refractivity contribution in [3.63, 3.8) is 0 Å². The Hall–Kier alpha value is -3.29. The number of hydrogen-bond donors (Lipinski definition) is 0. The largest absolute Gasteiger partial charge is 0.497 e. The Morgan fingerprint density at radius 2 is 1.76 bits per heavy atom. The van der Waals surface area contributed by atoms with Crippen molar-refractivity contribution < 1.29 is 18.8 Å². The van der Waals surface area contributed by atoms with E-state index in [2.05, 4.69) is 4.98 Å². The van der Waals surface area contributed by atoms with Crippen molar-refractivity contribution in [2.24, 2.45) is 0 Å². The Bertz CT molecular complexity index is 1220. The van der Waals surface area contributed by atoms with Gasteiger partial charge >= 0.3 is 5.69 Å². The first-order valence-electron chi connectivity index (χ1n) is 8.31. The zero-order valence-corrected chi connectivity index (χ0v) is 16.4. The van der Waals surface area contributed by atoms with E-state index in [1.165, 1.54) is 12.1 Å². The van der Waals surface area contributed by atoms with E-state index in [1.807, 2.05) is 0 Å². The maximum atomic E-state index is 11.5. The summed E-state index contributed by atoms with van der Waals surface area (Å²) >= 11 is 12.1. The van der Waals surface area contributed by atoms with Crippen LogP contribution in [0.2, 0.25) is 10.0 Å². The van der Waals surface area contributed by atoms with Crippen molar-refractivity contribution in [2.45, 2.75) is 0 Å². The summed E-state index contributed by atoms with van der Waals surface area (Å²) < 4.78 is 16.5. The van der Waals surface area contributed by atoms with Gasteiger partial charge in [-0.25, -0.2) is 4.98 Å². The first-order valence-corrected chi connectivity index (χ1v) is 9.06. The number of rotatable bonds is 5. The molecule has 0 aliphatic rings. The van der Waals surface area contributed by atoms with Crippen molar-refractivity contribution >= 4 is 40.0 Å². The molecule has 9 heteroatoms. The van der Waals surface area contributed by atoms with Crippen LogP contribution >= 0.6 is 23.2 Å². The monoisotopic (exact) mass is 430 g/mol. The van der Waals surface area contributed by atoms with E-state index in [4.69, 9.17) is 37.1 Å². The Labute approximate surface area is 174 Å². The van der Waals surface area contributed by atoms with Crippen LogP contribution in [0.3, 0.4) is 0 Å². The van der Waals surface area contributed by atoms with Crippen LogP contribution in [-0.4, -0.2) is 17.0 Å². The average Bonchev–Trinajstić information content (AvgIpc) is 3.10. The lowest BCUT2D eigenvalue weighted by Crippen LogP contribution is -1.93. The topological polar surface area (TPSA) is 87.6 Å². The molecule has 0 unspecified atom stereocenters. The molecule has 0 radical (unpaired) electrons. The summed E-state index contributed by atoms with van der Waals surface area (Å²) in [6, 6.07) is 14.3. The van der Waals surface area contributed by atoms with Gasteiger partial charge in [0.2, 0.25) is 11.6 Å². The second-order valence-corrected chi connectivity index (χ2v) is 6.81. The zero-order chi connectivity index (χ0) is 20.5. The van der Waals surface area contributed by atoms with E-state index in [-0.39, 0.29) is 22.9 Å². The number of ether oxygens (including phenoxy) is 2. The number of fused-ring (bicyclic) bond motifs is 1. The summed E-state index contributed by atoms with van der Waals surface area (Å²) in [7, 11) is 1.55. The molecular weight excluding hydrogens is 419 g/mol. The molecule has 0 spiro atoms. The Balaban J connectivity index is 1.77. The molecular formula is C20H12Cl2N2O5. The van der Waals surface area contributed by atoms with Gasteiger partial charge < -0.3 is 13.9 Å². The predicted molar refractivity (Wildman–Crippen MR) is 109 cm³/mol. The fraction of sp³-hybridized carbons (Fsp3) is 0.0500. The number of methoxy groups -OCH3 is 1. The third-order valence-electron chi connectivity index (χ3n) is 4.11. The van der Waals surface area contributed by atoms with E-state index < -0.39 is 4.92 Å². The minimum Gasteiger partial charge on any atom is -0.497 e. The average molecular weight is 431 g/mol. The molecule has 0 saturated heterocycles. The van der Waals surface area contributed by atoms with Gasteiger partial charge in [-0.2, -0.15) is 0 Å². The highest BCUT2D eigenvalue weighted by Gasteiger charge is 2.22. The maximum absolute atomic E-state index is 11.5. The van der Waals surface area contributed by atoms with Crippen LogP contribution in [0.1, 0.15) is 0 Å². The molecule has 0 amide bonds. The minimum absolute atomic E-state index is 0.0368. The van der Waals surface area contributed by atoms with Gasteiger partial charge in [0.25, 0.3) is 0 Å². The molecule has 29 heavy (non-hydrogen) atoms. The first-order chi connectivity index (χ1) is 13.9. The van der Waals surface area contributed by atoms with Crippen LogP contribution in [0.25, 0.3) is 22.6 Å². The molecule has 1 heterocycles. The number of halogens is 2. The molecule has 1 aromatic heterocycles. The fourth-order valence-electron chi connectivity index (χ4n) is 2.72. The lowest BCUT2D eigenvalue weighted by atomic mass is 10.2. The van der Waals surface area contributed by atoms with Crippen molar-refractivity contribution in [1.29, 1.82) is 0 Å². The van der Waals surface area contributed by atoms with E-state index in [0.29, 0.717) is 32.6 Å². The van der Waals surface area contributed by atoms with Gasteiger partial charge in [0.1, 0.15) is 17.0 Å². The third kappa shape index (κ3) is 3.83. The number of hydrogen-bond acceptors (Lipinski definition) is 6. The summed E-state index contributed by atoms with van der Waals surface area (Å²) in [5.41, 5.74) is 0.894. The van der Waals surface area contributed by atoms with Gasteiger partial charge in [-0.3, -0.25) is 10.1 Å². The molecule has 0 aliphatic carbocycles. The molecule has 0 N–H and O–H groups in total. The van der Waals surface area contributed by atoms with E-state index in [1.54, 1.807) is 49.6 Å². The van der Waals surface area contributed by atoms with E-state index in [0.717, 1.165) is 0 Å². The number of aromatic nitrogens is 1. The normalized spacial score (nSPS) is 10.9. The second kappa shape index (κ2) is 7.62. The Kier molecular flexibility index (Phi) is 5.00. The van der Waals surface area contributed by atoms with Crippen LogP contribution in [0.15, 0.2) is 59.0 Å². The first kappa shape index (κ1) is 19.0. The number of nitrogens with zero attached hydrogens (tertiary/aromatic N) is 2. The smallest absolute Gasteiger partial charge is 0.315 e. The summed E-state index contributed by atoms with van der Waals surface area (Å²) in [5.74, 6) is 1.31. The summed E-state index contributed by atoms with van der Waals surface area (Å²) in [6.45, 7) is 0. The van der Waals surface area contributed by atoms with Gasteiger partial charge in [-0.05, 0) is 42.5 Å². The molecule has 0 bridgehead atoms. The van der Waals surface area contributed by atoms with Gasteiger partial charge in [-0.1, -0.05) is 23.2 Å². The number of nitro benzene ring substituents is 1. The van der Waals surface area contributed by atoms with Crippen molar-refractivity contribution in [1.82, 2.24) is 4.98 Å². The fourth-order valence-corrected chi connectivity index (χ4v) is 3.21. The molecule has 0 atom stereocenters. The van der Waals surface area contributed by atoms with Crippen LogP contribution < -0.4 is 9.47 Å².